The molecule has 1 heterocycles. The van der Waals surface area contributed by atoms with Crippen LogP contribution in [0.2, 0.25) is 0 Å². The first-order chi connectivity index (χ1) is 10.6. The Morgan fingerprint density at radius 1 is 1.09 bits per heavy atom. The molecule has 0 atom stereocenters. The molecule has 1 aromatic rings. The quantitative estimate of drug-likeness (QED) is 0.908. The average Bonchev–Trinajstić information content (AvgIpc) is 3.28. The summed E-state index contributed by atoms with van der Waals surface area (Å²) in [6, 6.07) is 8.64. The molecule has 120 valence electrons. The van der Waals surface area contributed by atoms with Gasteiger partial charge < -0.3 is 10.6 Å². The second-order valence-corrected chi connectivity index (χ2v) is 7.15. The number of amides is 1. The highest BCUT2D eigenvalue weighted by molar-refractivity contribution is 5.76. The second kappa shape index (κ2) is 6.82. The summed E-state index contributed by atoms with van der Waals surface area (Å²) in [5.74, 6) is 0.324. The number of hydrogen-bond acceptors (Lipinski definition) is 2. The van der Waals surface area contributed by atoms with Gasteiger partial charge in [0.05, 0.1) is 0 Å². The zero-order valence-corrected chi connectivity index (χ0v) is 13.5. The molecule has 2 aliphatic rings. The van der Waals surface area contributed by atoms with E-state index in [1.165, 1.54) is 36.8 Å². The average molecular weight is 300 g/mol. The monoisotopic (exact) mass is 300 g/mol. The summed E-state index contributed by atoms with van der Waals surface area (Å²) in [7, 11) is 0. The van der Waals surface area contributed by atoms with E-state index in [1.54, 1.807) is 0 Å². The summed E-state index contributed by atoms with van der Waals surface area (Å²) in [5, 5.41) is 0. The molecule has 1 aliphatic heterocycles. The maximum absolute atomic E-state index is 12.4. The zero-order valence-electron chi connectivity index (χ0n) is 13.5. The third-order valence-corrected chi connectivity index (χ3v) is 5.03. The Balaban J connectivity index is 1.52. The Bertz CT molecular complexity index is 514. The predicted octanol–water partition coefficient (Wildman–Crippen LogP) is 3.06. The van der Waals surface area contributed by atoms with Gasteiger partial charge in [0.15, 0.2) is 0 Å². The Labute approximate surface area is 133 Å². The number of carbonyl (C=O) groups excluding carboxylic acids is 1. The normalized spacial score (nSPS) is 20.5. The van der Waals surface area contributed by atoms with Crippen LogP contribution in [0.3, 0.4) is 0 Å². The van der Waals surface area contributed by atoms with Crippen molar-refractivity contribution in [2.45, 2.75) is 63.3 Å². The number of carbonyl (C=O) groups is 1. The third kappa shape index (κ3) is 4.33. The van der Waals surface area contributed by atoms with Crippen LogP contribution < -0.4 is 5.73 Å². The molecule has 3 rings (SSSR count). The van der Waals surface area contributed by atoms with Crippen LogP contribution in [0.25, 0.3) is 0 Å². The highest BCUT2D eigenvalue weighted by Gasteiger charge is 2.37. The van der Waals surface area contributed by atoms with Crippen LogP contribution in [0.1, 0.15) is 56.1 Å². The predicted molar refractivity (Wildman–Crippen MR) is 89.7 cm³/mol. The summed E-state index contributed by atoms with van der Waals surface area (Å²) in [6.07, 6.45) is 9.62. The summed E-state index contributed by atoms with van der Waals surface area (Å²) >= 11 is 0. The standard InChI is InChI=1S/C19H28N2O/c20-19(10-11-19)15-17-7-5-6-16(14-17)8-9-18(22)21-12-3-1-2-4-13-21/h5-7,14H,1-4,8-13,15,20H2. The van der Waals surface area contributed by atoms with Crippen LogP contribution in [0, 0.1) is 0 Å². The van der Waals surface area contributed by atoms with E-state index in [0.717, 1.165) is 38.8 Å². The van der Waals surface area contributed by atoms with Crippen LogP contribution >= 0.6 is 0 Å². The lowest BCUT2D eigenvalue weighted by Crippen LogP contribution is -2.31. The molecule has 2 fully saturated rings. The van der Waals surface area contributed by atoms with Gasteiger partial charge in [-0.15, -0.1) is 0 Å². The first-order valence-electron chi connectivity index (χ1n) is 8.79. The molecule has 22 heavy (non-hydrogen) atoms. The van der Waals surface area contributed by atoms with Gasteiger partial charge in [-0.1, -0.05) is 37.1 Å². The maximum atomic E-state index is 12.4. The van der Waals surface area contributed by atoms with Crippen molar-refractivity contribution >= 4 is 5.91 Å². The van der Waals surface area contributed by atoms with Crippen molar-refractivity contribution in [1.29, 1.82) is 0 Å². The number of likely N-dealkylation sites (tertiary alicyclic amines) is 1. The number of hydrogen-bond donors (Lipinski definition) is 1. The van der Waals surface area contributed by atoms with E-state index in [1.807, 2.05) is 0 Å². The minimum atomic E-state index is 0.0560. The van der Waals surface area contributed by atoms with Crippen LogP contribution in [-0.2, 0) is 17.6 Å². The van der Waals surface area contributed by atoms with Crippen molar-refractivity contribution in [3.8, 4) is 0 Å². The van der Waals surface area contributed by atoms with Gasteiger partial charge in [-0.2, -0.15) is 0 Å². The molecule has 1 saturated carbocycles. The molecule has 1 saturated heterocycles. The molecular weight excluding hydrogens is 272 g/mol. The first-order valence-corrected chi connectivity index (χ1v) is 8.79. The van der Waals surface area contributed by atoms with E-state index in [4.69, 9.17) is 5.73 Å². The molecule has 2 N–H and O–H groups in total. The molecule has 3 heteroatoms. The molecule has 1 aromatic carbocycles. The third-order valence-electron chi connectivity index (χ3n) is 5.03. The minimum absolute atomic E-state index is 0.0560. The zero-order chi connectivity index (χ0) is 15.4. The van der Waals surface area contributed by atoms with Crippen molar-refractivity contribution in [2.24, 2.45) is 5.73 Å². The van der Waals surface area contributed by atoms with Gasteiger partial charge in [-0.25, -0.2) is 0 Å². The van der Waals surface area contributed by atoms with Crippen LogP contribution in [0.5, 0.6) is 0 Å². The van der Waals surface area contributed by atoms with Gasteiger partial charge in [0.25, 0.3) is 0 Å². The minimum Gasteiger partial charge on any atom is -0.343 e. The number of rotatable bonds is 5. The number of benzene rings is 1. The van der Waals surface area contributed by atoms with Gasteiger partial charge in [0, 0.05) is 25.0 Å². The van der Waals surface area contributed by atoms with Crippen molar-refractivity contribution in [3.05, 3.63) is 35.4 Å². The van der Waals surface area contributed by atoms with E-state index in [-0.39, 0.29) is 5.54 Å². The number of aryl methyl sites for hydroxylation is 1. The van der Waals surface area contributed by atoms with Gasteiger partial charge in [0.2, 0.25) is 5.91 Å². The summed E-state index contributed by atoms with van der Waals surface area (Å²) in [6.45, 7) is 1.91. The molecule has 0 unspecified atom stereocenters. The summed E-state index contributed by atoms with van der Waals surface area (Å²) in [4.78, 5) is 14.4. The molecule has 1 aliphatic carbocycles. The molecule has 0 spiro atoms. The Hall–Kier alpha value is -1.35. The Kier molecular flexibility index (Phi) is 4.82. The maximum Gasteiger partial charge on any atom is 0.222 e. The number of nitrogens with two attached hydrogens (primary N) is 1. The van der Waals surface area contributed by atoms with Gasteiger partial charge in [-0.3, -0.25) is 4.79 Å². The fourth-order valence-electron chi connectivity index (χ4n) is 3.37. The molecule has 0 aromatic heterocycles. The summed E-state index contributed by atoms with van der Waals surface area (Å²) in [5.41, 5.74) is 8.85. The first kappa shape index (κ1) is 15.5. The lowest BCUT2D eigenvalue weighted by molar-refractivity contribution is -0.131. The van der Waals surface area contributed by atoms with Gasteiger partial charge >= 0.3 is 0 Å². The highest BCUT2D eigenvalue weighted by Crippen LogP contribution is 2.35. The molecular formula is C19H28N2O. The Morgan fingerprint density at radius 3 is 2.45 bits per heavy atom. The van der Waals surface area contributed by atoms with Crippen LogP contribution in [0.4, 0.5) is 0 Å². The fourth-order valence-corrected chi connectivity index (χ4v) is 3.37. The molecule has 0 radical (unpaired) electrons. The Morgan fingerprint density at radius 2 is 1.77 bits per heavy atom. The molecule has 0 bridgehead atoms. The van der Waals surface area contributed by atoms with Crippen molar-refractivity contribution in [3.63, 3.8) is 0 Å². The lowest BCUT2D eigenvalue weighted by atomic mass is 10.0. The van der Waals surface area contributed by atoms with Crippen molar-refractivity contribution in [2.75, 3.05) is 13.1 Å². The van der Waals surface area contributed by atoms with E-state index in [2.05, 4.69) is 29.2 Å². The van der Waals surface area contributed by atoms with Crippen molar-refractivity contribution in [1.82, 2.24) is 4.90 Å². The highest BCUT2D eigenvalue weighted by atomic mass is 16.2. The summed E-state index contributed by atoms with van der Waals surface area (Å²) < 4.78 is 0. The smallest absolute Gasteiger partial charge is 0.222 e. The molecule has 1 amide bonds. The van der Waals surface area contributed by atoms with Crippen LogP contribution in [-0.4, -0.2) is 29.4 Å². The van der Waals surface area contributed by atoms with Crippen LogP contribution in [0.15, 0.2) is 24.3 Å². The largest absolute Gasteiger partial charge is 0.343 e. The van der Waals surface area contributed by atoms with E-state index >= 15 is 0 Å². The van der Waals surface area contributed by atoms with E-state index in [0.29, 0.717) is 12.3 Å². The van der Waals surface area contributed by atoms with Crippen molar-refractivity contribution < 1.29 is 4.79 Å². The van der Waals surface area contributed by atoms with E-state index < -0.39 is 0 Å². The fraction of sp³-hybridized carbons (Fsp3) is 0.632. The second-order valence-electron chi connectivity index (χ2n) is 7.15. The van der Waals surface area contributed by atoms with Gasteiger partial charge in [0.1, 0.15) is 0 Å². The molecule has 3 nitrogen and oxygen atoms in total. The topological polar surface area (TPSA) is 46.3 Å². The lowest BCUT2D eigenvalue weighted by Gasteiger charge is -2.20. The SMILES string of the molecule is NC1(Cc2cccc(CCC(=O)N3CCCCCC3)c2)CC1. The van der Waals surface area contributed by atoms with Gasteiger partial charge in [-0.05, 0) is 49.7 Å². The number of nitrogens with zero attached hydrogens (tertiary/aromatic N) is 1. The van der Waals surface area contributed by atoms with E-state index in [9.17, 15) is 4.79 Å².